The van der Waals surface area contributed by atoms with E-state index in [4.69, 9.17) is 37.0 Å². The van der Waals surface area contributed by atoms with E-state index < -0.39 is 97.5 Å². The van der Waals surface area contributed by atoms with Crippen molar-refractivity contribution in [2.45, 2.75) is 406 Å². The molecular weight excluding hydrogens is 1220 g/mol. The lowest BCUT2D eigenvalue weighted by Gasteiger charge is -2.21. The number of aliphatic hydroxyl groups is 1. The Bertz CT molecular complexity index is 1790. The molecule has 0 aliphatic heterocycles. The molecule has 0 aliphatic rings. The SMILES string of the molecule is CCCCCCCCCCCCCCCCCCCCCCCCC(=O)O[C@H](COC(=O)CCCCCCCCCCCCCCCCCC)COP(=O)(O)OC[C@@H](O)COP(=O)(O)OC[C@@H](COC(=O)CCCCCCC)OC(=O)CCCCCCCCC(C)CC. The number of rotatable bonds is 74. The van der Waals surface area contributed by atoms with Crippen molar-refractivity contribution in [2.24, 2.45) is 5.92 Å². The summed E-state index contributed by atoms with van der Waals surface area (Å²) in [7, 11) is -9.89. The topological polar surface area (TPSA) is 237 Å². The molecule has 93 heavy (non-hydrogen) atoms. The fourth-order valence-corrected chi connectivity index (χ4v) is 12.9. The first-order valence-electron chi connectivity index (χ1n) is 38.7. The maximum atomic E-state index is 13.1. The summed E-state index contributed by atoms with van der Waals surface area (Å²) in [4.78, 5) is 72.4. The fraction of sp³-hybridized carbons (Fsp3) is 0.946. The van der Waals surface area contributed by atoms with Gasteiger partial charge in [-0.05, 0) is 31.6 Å². The normalized spacial score (nSPS) is 14.3. The Hall–Kier alpha value is -1.94. The molecule has 17 nitrogen and oxygen atoms in total. The molecule has 0 amide bonds. The van der Waals surface area contributed by atoms with Gasteiger partial charge in [-0.15, -0.1) is 0 Å². The molecule has 0 radical (unpaired) electrons. The van der Waals surface area contributed by atoms with E-state index in [9.17, 15) is 43.2 Å². The van der Waals surface area contributed by atoms with Crippen LogP contribution in [0.4, 0.5) is 0 Å². The largest absolute Gasteiger partial charge is 0.472 e. The van der Waals surface area contributed by atoms with Gasteiger partial charge in [0.1, 0.15) is 19.3 Å². The minimum absolute atomic E-state index is 0.102. The van der Waals surface area contributed by atoms with E-state index >= 15 is 0 Å². The average Bonchev–Trinajstić information content (AvgIpc) is 2.76. The van der Waals surface area contributed by atoms with Gasteiger partial charge in [-0.3, -0.25) is 37.3 Å². The lowest BCUT2D eigenvalue weighted by molar-refractivity contribution is -0.161. The number of hydrogen-bond donors (Lipinski definition) is 3. The average molecular weight is 1370 g/mol. The summed E-state index contributed by atoms with van der Waals surface area (Å²) in [6, 6.07) is 0. The zero-order valence-electron chi connectivity index (χ0n) is 60.4. The summed E-state index contributed by atoms with van der Waals surface area (Å²) in [6.45, 7) is 7.13. The predicted octanol–water partition coefficient (Wildman–Crippen LogP) is 21.7. The van der Waals surface area contributed by atoms with Gasteiger partial charge in [0.05, 0.1) is 26.4 Å². The van der Waals surface area contributed by atoms with Crippen molar-refractivity contribution in [3.8, 4) is 0 Å². The summed E-state index contributed by atoms with van der Waals surface area (Å²) >= 11 is 0. The van der Waals surface area contributed by atoms with Gasteiger partial charge >= 0.3 is 39.5 Å². The van der Waals surface area contributed by atoms with Crippen molar-refractivity contribution in [1.29, 1.82) is 0 Å². The van der Waals surface area contributed by atoms with Crippen LogP contribution in [0, 0.1) is 5.92 Å². The van der Waals surface area contributed by atoms with Gasteiger partial charge < -0.3 is 33.8 Å². The molecule has 0 aliphatic carbocycles. The Morgan fingerprint density at radius 3 is 0.763 bits per heavy atom. The zero-order valence-corrected chi connectivity index (χ0v) is 62.2. The molecule has 0 saturated heterocycles. The van der Waals surface area contributed by atoms with Crippen molar-refractivity contribution in [3.63, 3.8) is 0 Å². The highest BCUT2D eigenvalue weighted by molar-refractivity contribution is 7.47. The summed E-state index contributed by atoms with van der Waals surface area (Å²) in [5, 5.41) is 10.6. The number of carbonyl (C=O) groups is 4. The number of aliphatic hydroxyl groups excluding tert-OH is 1. The summed E-state index contributed by atoms with van der Waals surface area (Å²) in [5.41, 5.74) is 0. The molecule has 0 saturated carbocycles. The van der Waals surface area contributed by atoms with Crippen LogP contribution in [0.3, 0.4) is 0 Å². The Labute approximate surface area is 568 Å². The van der Waals surface area contributed by atoms with Crippen LogP contribution in [0.1, 0.15) is 388 Å². The molecule has 0 rings (SSSR count). The van der Waals surface area contributed by atoms with Crippen LogP contribution in [0.15, 0.2) is 0 Å². The third-order valence-corrected chi connectivity index (χ3v) is 19.5. The first-order valence-corrected chi connectivity index (χ1v) is 41.7. The van der Waals surface area contributed by atoms with Gasteiger partial charge in [-0.1, -0.05) is 336 Å². The first-order chi connectivity index (χ1) is 45.1. The predicted molar refractivity (Wildman–Crippen MR) is 377 cm³/mol. The van der Waals surface area contributed by atoms with E-state index in [-0.39, 0.29) is 25.7 Å². The number of esters is 4. The standard InChI is InChI=1S/C74H144O17P2/c1-6-10-13-16-18-20-22-24-26-28-29-30-31-32-33-35-37-39-41-43-49-54-59-73(78)90-70(64-85-72(77)58-53-48-42-40-38-36-34-27-25-23-21-19-17-14-11-7-2)66-89-93(82,83)87-62-68(75)61-86-92(80,81)88-65-69(63-84-71(76)57-52-46-15-12-8-3)91-74(79)60-55-50-45-44-47-51-56-67(5)9-4/h67-70,75H,6-66H2,1-5H3,(H,80,81)(H,82,83)/t67?,68-,69+,70+/m0/s1. The summed E-state index contributed by atoms with van der Waals surface area (Å²) in [6.07, 6.45) is 56.2. The highest BCUT2D eigenvalue weighted by Gasteiger charge is 2.30. The maximum Gasteiger partial charge on any atom is 0.472 e. The van der Waals surface area contributed by atoms with Gasteiger partial charge in [-0.25, -0.2) is 9.13 Å². The molecule has 0 bridgehead atoms. The molecule has 3 unspecified atom stereocenters. The molecular formula is C74H144O17P2. The third kappa shape index (κ3) is 67.0. The molecule has 0 aromatic heterocycles. The number of phosphoric acid groups is 2. The minimum Gasteiger partial charge on any atom is -0.462 e. The van der Waals surface area contributed by atoms with Crippen molar-refractivity contribution in [1.82, 2.24) is 0 Å². The molecule has 0 heterocycles. The van der Waals surface area contributed by atoms with Gasteiger partial charge in [0, 0.05) is 25.7 Å². The van der Waals surface area contributed by atoms with E-state index in [2.05, 4.69) is 34.6 Å². The number of hydrogen-bond acceptors (Lipinski definition) is 15. The molecule has 19 heteroatoms. The second-order valence-electron chi connectivity index (χ2n) is 26.9. The van der Waals surface area contributed by atoms with Gasteiger partial charge in [-0.2, -0.15) is 0 Å². The van der Waals surface area contributed by atoms with E-state index in [0.29, 0.717) is 25.7 Å². The van der Waals surface area contributed by atoms with E-state index in [1.54, 1.807) is 0 Å². The van der Waals surface area contributed by atoms with Crippen LogP contribution in [-0.2, 0) is 65.4 Å². The van der Waals surface area contributed by atoms with Crippen LogP contribution >= 0.6 is 15.6 Å². The number of phosphoric ester groups is 2. The van der Waals surface area contributed by atoms with Crippen molar-refractivity contribution in [3.05, 3.63) is 0 Å². The van der Waals surface area contributed by atoms with Gasteiger partial charge in [0.25, 0.3) is 0 Å². The fourth-order valence-electron chi connectivity index (χ4n) is 11.3. The second kappa shape index (κ2) is 67.3. The maximum absolute atomic E-state index is 13.1. The smallest absolute Gasteiger partial charge is 0.462 e. The van der Waals surface area contributed by atoms with Crippen LogP contribution in [0.25, 0.3) is 0 Å². The first kappa shape index (κ1) is 91.1. The molecule has 0 aromatic carbocycles. The minimum atomic E-state index is -4.95. The monoisotopic (exact) mass is 1370 g/mol. The highest BCUT2D eigenvalue weighted by atomic mass is 31.2. The lowest BCUT2D eigenvalue weighted by atomic mass is 10.00. The number of ether oxygens (including phenoxy) is 4. The quantitative estimate of drug-likeness (QED) is 0.0222. The second-order valence-corrected chi connectivity index (χ2v) is 29.8. The summed E-state index contributed by atoms with van der Waals surface area (Å²) in [5.74, 6) is -1.41. The Kier molecular flexibility index (Phi) is 65.9. The van der Waals surface area contributed by atoms with Crippen molar-refractivity contribution in [2.75, 3.05) is 39.6 Å². The van der Waals surface area contributed by atoms with Gasteiger partial charge in [0.2, 0.25) is 0 Å². The molecule has 3 N–H and O–H groups in total. The molecule has 0 spiro atoms. The molecule has 0 fully saturated rings. The summed E-state index contributed by atoms with van der Waals surface area (Å²) < 4.78 is 68.2. The number of unbranched alkanes of at least 4 members (excludes halogenated alkanes) is 45. The Morgan fingerprint density at radius 2 is 0.516 bits per heavy atom. The van der Waals surface area contributed by atoms with Crippen LogP contribution in [-0.4, -0.2) is 96.7 Å². The molecule has 0 aromatic rings. The van der Waals surface area contributed by atoms with Crippen LogP contribution in [0.2, 0.25) is 0 Å². The molecule has 552 valence electrons. The van der Waals surface area contributed by atoms with E-state index in [1.807, 2.05) is 0 Å². The molecule has 6 atom stereocenters. The van der Waals surface area contributed by atoms with Crippen LogP contribution in [0.5, 0.6) is 0 Å². The van der Waals surface area contributed by atoms with E-state index in [0.717, 1.165) is 102 Å². The third-order valence-electron chi connectivity index (χ3n) is 17.6. The van der Waals surface area contributed by atoms with E-state index in [1.165, 1.54) is 205 Å². The highest BCUT2D eigenvalue weighted by Crippen LogP contribution is 2.45. The Morgan fingerprint density at radius 1 is 0.301 bits per heavy atom. The number of carbonyl (C=O) groups excluding carboxylic acids is 4. The Balaban J connectivity index is 5.10. The van der Waals surface area contributed by atoms with Crippen LogP contribution < -0.4 is 0 Å². The zero-order chi connectivity index (χ0) is 68.4. The van der Waals surface area contributed by atoms with Crippen molar-refractivity contribution < 1.29 is 80.2 Å². The van der Waals surface area contributed by atoms with Gasteiger partial charge in [0.15, 0.2) is 12.2 Å². The lowest BCUT2D eigenvalue weighted by Crippen LogP contribution is -2.30. The van der Waals surface area contributed by atoms with Crippen molar-refractivity contribution >= 4 is 39.5 Å².